The van der Waals surface area contributed by atoms with Gasteiger partial charge in [0.2, 0.25) is 0 Å². The number of terminal acetylenes is 1. The van der Waals surface area contributed by atoms with Crippen LogP contribution in [0.25, 0.3) is 0 Å². The average molecular weight is 452 g/mol. The van der Waals surface area contributed by atoms with E-state index in [2.05, 4.69) is 21.8 Å². The van der Waals surface area contributed by atoms with Gasteiger partial charge < -0.3 is 19.5 Å². The number of nitrogens with zero attached hydrogens (tertiary/aromatic N) is 1. The smallest absolute Gasteiger partial charge is 0.262 e. The van der Waals surface area contributed by atoms with Crippen LogP contribution >= 0.6 is 0 Å². The number of hydrogen-bond donors (Lipinski definition) is 2. The third-order valence-electron chi connectivity index (χ3n) is 4.55. The first-order chi connectivity index (χ1) is 15.9. The van der Waals surface area contributed by atoms with E-state index in [1.165, 1.54) is 6.21 Å². The zero-order valence-electron chi connectivity index (χ0n) is 19.3. The standard InChI is InChI=1S/C25H29N3O5/c1-6-14-33-21-13-8-18(15-22(21)32-7-2)16-26-28-25(30)23(17(3)4)27-24(29)19-9-11-20(31-5)12-10-19/h1,8-13,15-17,23H,7,14H2,2-5H3,(H,27,29)(H,28,30). The summed E-state index contributed by atoms with van der Waals surface area (Å²) >= 11 is 0. The Balaban J connectivity index is 2.04. The topological polar surface area (TPSA) is 98.2 Å². The van der Waals surface area contributed by atoms with Gasteiger partial charge in [0.15, 0.2) is 11.5 Å². The van der Waals surface area contributed by atoms with Crippen molar-refractivity contribution < 1.29 is 23.8 Å². The Bertz CT molecular complexity index is 1010. The van der Waals surface area contributed by atoms with Gasteiger partial charge in [-0.05, 0) is 60.9 Å². The molecular weight excluding hydrogens is 422 g/mol. The molecule has 0 aliphatic rings. The van der Waals surface area contributed by atoms with Crippen LogP contribution in [0.2, 0.25) is 0 Å². The number of methoxy groups -OCH3 is 1. The third-order valence-corrected chi connectivity index (χ3v) is 4.55. The molecule has 2 rings (SSSR count). The van der Waals surface area contributed by atoms with Gasteiger partial charge in [-0.25, -0.2) is 5.43 Å². The summed E-state index contributed by atoms with van der Waals surface area (Å²) in [6.07, 6.45) is 6.72. The Hall–Kier alpha value is -3.99. The van der Waals surface area contributed by atoms with Crippen molar-refractivity contribution in [2.75, 3.05) is 20.3 Å². The van der Waals surface area contributed by atoms with Crippen molar-refractivity contribution in [3.63, 3.8) is 0 Å². The van der Waals surface area contributed by atoms with Crippen LogP contribution in [0, 0.1) is 18.3 Å². The number of nitrogens with one attached hydrogen (secondary N) is 2. The fraction of sp³-hybridized carbons (Fsp3) is 0.320. The quantitative estimate of drug-likeness (QED) is 0.311. The summed E-state index contributed by atoms with van der Waals surface area (Å²) in [5.74, 6) is 3.15. The Morgan fingerprint density at radius 2 is 1.85 bits per heavy atom. The zero-order chi connectivity index (χ0) is 24.2. The van der Waals surface area contributed by atoms with Crippen molar-refractivity contribution in [3.05, 3.63) is 53.6 Å². The molecular formula is C25H29N3O5. The first kappa shape index (κ1) is 25.3. The summed E-state index contributed by atoms with van der Waals surface area (Å²) in [4.78, 5) is 25.2. The van der Waals surface area contributed by atoms with Crippen molar-refractivity contribution >= 4 is 18.0 Å². The van der Waals surface area contributed by atoms with E-state index in [9.17, 15) is 9.59 Å². The molecule has 0 aromatic heterocycles. The SMILES string of the molecule is C#CCOc1ccc(C=NNC(=O)C(NC(=O)c2ccc(OC)cc2)C(C)C)cc1OCC. The molecule has 2 N–H and O–H groups in total. The van der Waals surface area contributed by atoms with Gasteiger partial charge in [0.1, 0.15) is 18.4 Å². The lowest BCUT2D eigenvalue weighted by Crippen LogP contribution is -2.48. The van der Waals surface area contributed by atoms with Crippen molar-refractivity contribution in [2.24, 2.45) is 11.0 Å². The Morgan fingerprint density at radius 1 is 1.12 bits per heavy atom. The molecule has 8 nitrogen and oxygen atoms in total. The zero-order valence-corrected chi connectivity index (χ0v) is 19.3. The van der Waals surface area contributed by atoms with Gasteiger partial charge in [-0.3, -0.25) is 9.59 Å². The summed E-state index contributed by atoms with van der Waals surface area (Å²) in [7, 11) is 1.55. The minimum Gasteiger partial charge on any atom is -0.497 e. The van der Waals surface area contributed by atoms with E-state index < -0.39 is 11.9 Å². The Morgan fingerprint density at radius 3 is 2.45 bits per heavy atom. The molecule has 33 heavy (non-hydrogen) atoms. The van der Waals surface area contributed by atoms with E-state index in [-0.39, 0.29) is 18.4 Å². The number of ether oxygens (including phenoxy) is 3. The van der Waals surface area contributed by atoms with Crippen LogP contribution < -0.4 is 25.0 Å². The second kappa shape index (κ2) is 12.8. The van der Waals surface area contributed by atoms with Crippen molar-refractivity contribution in [1.29, 1.82) is 0 Å². The largest absolute Gasteiger partial charge is 0.497 e. The molecule has 0 radical (unpaired) electrons. The fourth-order valence-corrected chi connectivity index (χ4v) is 2.85. The Labute approximate surface area is 194 Å². The normalized spacial score (nSPS) is 11.5. The maximum absolute atomic E-state index is 12.7. The molecule has 1 unspecified atom stereocenters. The number of hydrogen-bond acceptors (Lipinski definition) is 6. The van der Waals surface area contributed by atoms with E-state index >= 15 is 0 Å². The second-order valence-corrected chi connectivity index (χ2v) is 7.29. The molecule has 0 fully saturated rings. The van der Waals surface area contributed by atoms with Crippen molar-refractivity contribution in [1.82, 2.24) is 10.7 Å². The predicted octanol–water partition coefficient (Wildman–Crippen LogP) is 3.01. The Kier molecular flexibility index (Phi) is 9.78. The van der Waals surface area contributed by atoms with Crippen LogP contribution in [0.1, 0.15) is 36.7 Å². The van der Waals surface area contributed by atoms with E-state index in [1.807, 2.05) is 20.8 Å². The third kappa shape index (κ3) is 7.58. The number of carbonyl (C=O) groups excluding carboxylic acids is 2. The molecule has 2 amide bonds. The van der Waals surface area contributed by atoms with Gasteiger partial charge in [0.05, 0.1) is 19.9 Å². The van der Waals surface area contributed by atoms with E-state index in [4.69, 9.17) is 20.6 Å². The maximum Gasteiger partial charge on any atom is 0.262 e. The molecule has 0 heterocycles. The van der Waals surface area contributed by atoms with Gasteiger partial charge in [0.25, 0.3) is 11.8 Å². The van der Waals surface area contributed by atoms with Crippen LogP contribution in [0.4, 0.5) is 0 Å². The van der Waals surface area contributed by atoms with Crippen LogP contribution in [-0.2, 0) is 4.79 Å². The molecule has 2 aromatic rings. The highest BCUT2D eigenvalue weighted by Gasteiger charge is 2.24. The molecule has 0 saturated heterocycles. The highest BCUT2D eigenvalue weighted by atomic mass is 16.5. The molecule has 0 saturated carbocycles. The van der Waals surface area contributed by atoms with E-state index in [0.717, 1.165) is 0 Å². The number of hydrazone groups is 1. The highest BCUT2D eigenvalue weighted by Crippen LogP contribution is 2.28. The number of benzene rings is 2. The minimum atomic E-state index is -0.768. The van der Waals surface area contributed by atoms with Gasteiger partial charge >= 0.3 is 0 Å². The molecule has 0 aliphatic heterocycles. The van der Waals surface area contributed by atoms with Gasteiger partial charge in [-0.15, -0.1) is 6.42 Å². The maximum atomic E-state index is 12.7. The van der Waals surface area contributed by atoms with E-state index in [0.29, 0.717) is 35.0 Å². The molecule has 0 spiro atoms. The summed E-state index contributed by atoms with van der Waals surface area (Å²) in [6.45, 7) is 6.12. The van der Waals surface area contributed by atoms with Crippen molar-refractivity contribution in [3.8, 4) is 29.6 Å². The lowest BCUT2D eigenvalue weighted by Gasteiger charge is -2.20. The summed E-state index contributed by atoms with van der Waals surface area (Å²) in [5.41, 5.74) is 3.60. The van der Waals surface area contributed by atoms with Crippen LogP contribution in [-0.4, -0.2) is 44.4 Å². The van der Waals surface area contributed by atoms with Crippen LogP contribution in [0.3, 0.4) is 0 Å². The summed E-state index contributed by atoms with van der Waals surface area (Å²) in [5, 5.41) is 6.77. The van der Waals surface area contributed by atoms with Gasteiger partial charge in [0, 0.05) is 5.56 Å². The molecule has 2 aromatic carbocycles. The number of rotatable bonds is 11. The van der Waals surface area contributed by atoms with Crippen molar-refractivity contribution in [2.45, 2.75) is 26.8 Å². The summed E-state index contributed by atoms with van der Waals surface area (Å²) < 4.78 is 16.1. The fourth-order valence-electron chi connectivity index (χ4n) is 2.85. The lowest BCUT2D eigenvalue weighted by molar-refractivity contribution is -0.123. The van der Waals surface area contributed by atoms with Crippen LogP contribution in [0.15, 0.2) is 47.6 Å². The van der Waals surface area contributed by atoms with E-state index in [1.54, 1.807) is 49.6 Å². The first-order valence-corrected chi connectivity index (χ1v) is 10.5. The number of amides is 2. The highest BCUT2D eigenvalue weighted by molar-refractivity contribution is 5.97. The summed E-state index contributed by atoms with van der Waals surface area (Å²) in [6, 6.07) is 11.1. The second-order valence-electron chi connectivity index (χ2n) is 7.29. The molecule has 0 aliphatic carbocycles. The predicted molar refractivity (Wildman–Crippen MR) is 127 cm³/mol. The molecule has 0 bridgehead atoms. The number of carbonyl (C=O) groups is 2. The minimum absolute atomic E-state index is 0.127. The monoisotopic (exact) mass is 451 g/mol. The first-order valence-electron chi connectivity index (χ1n) is 10.5. The molecule has 8 heteroatoms. The van der Waals surface area contributed by atoms with Crippen LogP contribution in [0.5, 0.6) is 17.2 Å². The lowest BCUT2D eigenvalue weighted by atomic mass is 10.0. The van der Waals surface area contributed by atoms with Gasteiger partial charge in [-0.2, -0.15) is 5.10 Å². The van der Waals surface area contributed by atoms with Gasteiger partial charge in [-0.1, -0.05) is 19.8 Å². The molecule has 1 atom stereocenters. The molecule has 174 valence electrons. The average Bonchev–Trinajstić information content (AvgIpc) is 2.81.